The Morgan fingerprint density at radius 1 is 0.708 bits per heavy atom. The fraction of sp³-hybridized carbons (Fsp3) is 0. The summed E-state index contributed by atoms with van der Waals surface area (Å²) in [6.45, 7) is 0. The Kier molecular flexibility index (Phi) is 2.91. The quantitative estimate of drug-likeness (QED) is 0.348. The molecule has 0 radical (unpaired) electrons. The van der Waals surface area contributed by atoms with Crippen LogP contribution in [-0.2, 0) is 0 Å². The van der Waals surface area contributed by atoms with Crippen LogP contribution in [-0.4, -0.2) is 4.98 Å². The van der Waals surface area contributed by atoms with Crippen molar-refractivity contribution < 1.29 is 0 Å². The summed E-state index contributed by atoms with van der Waals surface area (Å²) < 4.78 is 0. The lowest BCUT2D eigenvalue weighted by Crippen LogP contribution is -1.80. The van der Waals surface area contributed by atoms with E-state index < -0.39 is 0 Å². The van der Waals surface area contributed by atoms with E-state index in [1.165, 1.54) is 27.1 Å². The number of para-hydroxylation sites is 1. The van der Waals surface area contributed by atoms with Crippen LogP contribution in [0.2, 0.25) is 5.02 Å². The Balaban J connectivity index is 1.93. The summed E-state index contributed by atoms with van der Waals surface area (Å²) in [7, 11) is 0. The first-order chi connectivity index (χ1) is 11.8. The van der Waals surface area contributed by atoms with Crippen molar-refractivity contribution in [1.82, 2.24) is 4.98 Å². The van der Waals surface area contributed by atoms with Gasteiger partial charge in [0.1, 0.15) is 0 Å². The predicted molar refractivity (Wildman–Crippen MR) is 104 cm³/mol. The van der Waals surface area contributed by atoms with Gasteiger partial charge in [-0.25, -0.2) is 0 Å². The average Bonchev–Trinajstić information content (AvgIpc) is 3.01. The van der Waals surface area contributed by atoms with Gasteiger partial charge in [-0.2, -0.15) is 0 Å². The van der Waals surface area contributed by atoms with E-state index in [9.17, 15) is 0 Å². The molecule has 5 aromatic rings. The molecule has 0 aliphatic carbocycles. The number of hydrogen-bond donors (Lipinski definition) is 1. The van der Waals surface area contributed by atoms with Crippen molar-refractivity contribution in [2.75, 3.05) is 0 Å². The van der Waals surface area contributed by atoms with E-state index >= 15 is 0 Å². The largest absolute Gasteiger partial charge is 0.354 e. The second kappa shape index (κ2) is 5.12. The van der Waals surface area contributed by atoms with Crippen molar-refractivity contribution in [2.45, 2.75) is 0 Å². The molecule has 1 aromatic heterocycles. The summed E-state index contributed by atoms with van der Waals surface area (Å²) in [5.74, 6) is 0. The molecule has 4 aromatic carbocycles. The molecule has 0 atom stereocenters. The van der Waals surface area contributed by atoms with Gasteiger partial charge >= 0.3 is 0 Å². The number of H-pyrrole nitrogens is 1. The lowest BCUT2D eigenvalue weighted by Gasteiger charge is -2.04. The zero-order chi connectivity index (χ0) is 16.1. The number of aromatic nitrogens is 1. The van der Waals surface area contributed by atoms with E-state index in [0.717, 1.165) is 21.6 Å². The van der Waals surface area contributed by atoms with Gasteiger partial charge in [-0.1, -0.05) is 72.3 Å². The molecule has 1 nitrogen and oxygen atoms in total. The lowest BCUT2D eigenvalue weighted by molar-refractivity contribution is 1.54. The van der Waals surface area contributed by atoms with Gasteiger partial charge in [0.2, 0.25) is 0 Å². The highest BCUT2D eigenvalue weighted by Crippen LogP contribution is 2.37. The van der Waals surface area contributed by atoms with Crippen molar-refractivity contribution in [2.24, 2.45) is 0 Å². The van der Waals surface area contributed by atoms with Crippen molar-refractivity contribution in [3.8, 4) is 11.1 Å². The minimum absolute atomic E-state index is 0.756. The van der Waals surface area contributed by atoms with Gasteiger partial charge in [0.15, 0.2) is 0 Å². The highest BCUT2D eigenvalue weighted by Gasteiger charge is 2.11. The first-order valence-electron chi connectivity index (χ1n) is 7.99. The number of rotatable bonds is 1. The zero-order valence-corrected chi connectivity index (χ0v) is 13.6. The fourth-order valence-corrected chi connectivity index (χ4v) is 3.78. The second-order valence-electron chi connectivity index (χ2n) is 6.07. The highest BCUT2D eigenvalue weighted by molar-refractivity contribution is 6.31. The summed E-state index contributed by atoms with van der Waals surface area (Å²) in [5.41, 5.74) is 4.63. The summed E-state index contributed by atoms with van der Waals surface area (Å²) >= 11 is 6.19. The molecule has 114 valence electrons. The molecule has 0 saturated carbocycles. The van der Waals surface area contributed by atoms with Crippen LogP contribution in [0.25, 0.3) is 43.7 Å². The molecule has 0 unspecified atom stereocenters. The van der Waals surface area contributed by atoms with Gasteiger partial charge in [0.25, 0.3) is 0 Å². The van der Waals surface area contributed by atoms with Gasteiger partial charge < -0.3 is 4.98 Å². The Hall–Kier alpha value is -2.77. The Bertz CT molecular complexity index is 1220. The van der Waals surface area contributed by atoms with E-state index in [2.05, 4.69) is 65.6 Å². The van der Waals surface area contributed by atoms with Crippen LogP contribution < -0.4 is 0 Å². The smallest absolute Gasteiger partial charge is 0.0544 e. The average molecular weight is 328 g/mol. The van der Waals surface area contributed by atoms with Gasteiger partial charge in [0, 0.05) is 26.9 Å². The normalized spacial score (nSPS) is 11.5. The SMILES string of the molecule is Clc1cccc(-c2cccc3c2[nH]c2ccc4ccccc4c23)c1. The predicted octanol–water partition coefficient (Wildman–Crippen LogP) is 6.79. The maximum absolute atomic E-state index is 6.19. The van der Waals surface area contributed by atoms with E-state index in [0.29, 0.717) is 0 Å². The Morgan fingerprint density at radius 2 is 1.54 bits per heavy atom. The van der Waals surface area contributed by atoms with E-state index in [4.69, 9.17) is 11.6 Å². The molecular weight excluding hydrogens is 314 g/mol. The van der Waals surface area contributed by atoms with Crippen molar-refractivity contribution in [1.29, 1.82) is 0 Å². The highest BCUT2D eigenvalue weighted by atomic mass is 35.5. The number of nitrogens with one attached hydrogen (secondary N) is 1. The topological polar surface area (TPSA) is 15.8 Å². The maximum atomic E-state index is 6.19. The van der Waals surface area contributed by atoms with Crippen LogP contribution in [0.1, 0.15) is 0 Å². The Morgan fingerprint density at radius 3 is 2.46 bits per heavy atom. The first kappa shape index (κ1) is 13.6. The summed E-state index contributed by atoms with van der Waals surface area (Å²) in [4.78, 5) is 3.61. The van der Waals surface area contributed by atoms with Crippen molar-refractivity contribution >= 4 is 44.2 Å². The van der Waals surface area contributed by atoms with E-state index in [-0.39, 0.29) is 0 Å². The van der Waals surface area contributed by atoms with Gasteiger partial charge in [-0.3, -0.25) is 0 Å². The third kappa shape index (κ3) is 1.95. The Labute approximate surface area is 144 Å². The molecular formula is C22H14ClN. The molecule has 0 aliphatic rings. The lowest BCUT2D eigenvalue weighted by atomic mass is 10.00. The number of hydrogen-bond acceptors (Lipinski definition) is 0. The van der Waals surface area contributed by atoms with Crippen LogP contribution >= 0.6 is 11.6 Å². The van der Waals surface area contributed by atoms with E-state index in [1.807, 2.05) is 18.2 Å². The minimum atomic E-state index is 0.756. The second-order valence-corrected chi connectivity index (χ2v) is 6.51. The van der Waals surface area contributed by atoms with Crippen LogP contribution in [0.4, 0.5) is 0 Å². The number of halogens is 1. The number of benzene rings is 4. The van der Waals surface area contributed by atoms with Gasteiger partial charge in [-0.15, -0.1) is 0 Å². The molecule has 1 N–H and O–H groups in total. The van der Waals surface area contributed by atoms with Crippen molar-refractivity contribution in [3.05, 3.63) is 83.9 Å². The van der Waals surface area contributed by atoms with Crippen LogP contribution in [0, 0.1) is 0 Å². The molecule has 0 saturated heterocycles. The van der Waals surface area contributed by atoms with E-state index in [1.54, 1.807) is 0 Å². The molecule has 0 fully saturated rings. The third-order valence-electron chi connectivity index (χ3n) is 4.66. The molecule has 0 bridgehead atoms. The van der Waals surface area contributed by atoms with Crippen LogP contribution in [0.5, 0.6) is 0 Å². The number of fused-ring (bicyclic) bond motifs is 5. The molecule has 0 aliphatic heterocycles. The van der Waals surface area contributed by atoms with Gasteiger partial charge in [-0.05, 0) is 34.5 Å². The molecule has 1 heterocycles. The summed E-state index contributed by atoms with van der Waals surface area (Å²) in [5, 5.41) is 5.83. The standard InChI is InChI=1S/C22H14ClN/c23-16-7-3-6-15(13-16)18-9-4-10-19-21-17-8-2-1-5-14(17)11-12-20(21)24-22(18)19/h1-13,24H. The molecule has 5 rings (SSSR count). The molecule has 0 amide bonds. The summed E-state index contributed by atoms with van der Waals surface area (Å²) in [6.07, 6.45) is 0. The molecule has 24 heavy (non-hydrogen) atoms. The number of aromatic amines is 1. The molecule has 2 heteroatoms. The molecule has 0 spiro atoms. The fourth-order valence-electron chi connectivity index (χ4n) is 3.59. The first-order valence-corrected chi connectivity index (χ1v) is 8.37. The third-order valence-corrected chi connectivity index (χ3v) is 4.89. The van der Waals surface area contributed by atoms with Crippen LogP contribution in [0.3, 0.4) is 0 Å². The summed E-state index contributed by atoms with van der Waals surface area (Å²) in [6, 6.07) is 27.3. The van der Waals surface area contributed by atoms with Gasteiger partial charge in [0.05, 0.1) is 5.52 Å². The van der Waals surface area contributed by atoms with Crippen molar-refractivity contribution in [3.63, 3.8) is 0 Å². The zero-order valence-electron chi connectivity index (χ0n) is 12.9. The monoisotopic (exact) mass is 327 g/mol. The van der Waals surface area contributed by atoms with Crippen LogP contribution in [0.15, 0.2) is 78.9 Å². The maximum Gasteiger partial charge on any atom is 0.0544 e. The minimum Gasteiger partial charge on any atom is -0.354 e.